The summed E-state index contributed by atoms with van der Waals surface area (Å²) in [5.74, 6) is 3.00. The Labute approximate surface area is 154 Å². The molecule has 142 valence electrons. The monoisotopic (exact) mass is 361 g/mol. The van der Waals surface area contributed by atoms with Crippen LogP contribution in [-0.4, -0.2) is 86.5 Å². The Bertz CT molecular complexity index is 636. The fraction of sp³-hybridized carbons (Fsp3) is 0.722. The van der Waals surface area contributed by atoms with Gasteiger partial charge in [-0.2, -0.15) is 0 Å². The number of amides is 1. The maximum atomic E-state index is 12.5. The molecule has 4 heterocycles. The van der Waals surface area contributed by atoms with Crippen LogP contribution in [0.25, 0.3) is 0 Å². The van der Waals surface area contributed by atoms with Crippen molar-refractivity contribution in [1.82, 2.24) is 14.9 Å². The highest BCUT2D eigenvalue weighted by Crippen LogP contribution is 2.22. The van der Waals surface area contributed by atoms with Crippen LogP contribution in [0.5, 0.6) is 0 Å². The zero-order chi connectivity index (χ0) is 17.9. The van der Waals surface area contributed by atoms with Crippen molar-refractivity contribution in [2.75, 3.05) is 75.5 Å². The van der Waals surface area contributed by atoms with Gasteiger partial charge < -0.3 is 24.2 Å². The topological polar surface area (TPSA) is 71.0 Å². The summed E-state index contributed by atoms with van der Waals surface area (Å²) in [6.07, 6.45) is 0.854. The summed E-state index contributed by atoms with van der Waals surface area (Å²) in [7, 11) is 0. The number of aryl methyl sites for hydroxylation is 1. The molecule has 0 bridgehead atoms. The van der Waals surface area contributed by atoms with Crippen molar-refractivity contribution in [2.24, 2.45) is 5.92 Å². The molecular weight excluding hydrogens is 334 g/mol. The minimum absolute atomic E-state index is 0.0516. The molecule has 0 aliphatic carbocycles. The normalized spacial score (nSPS) is 24.2. The van der Waals surface area contributed by atoms with E-state index in [9.17, 15) is 4.79 Å². The van der Waals surface area contributed by atoms with E-state index in [1.165, 1.54) is 0 Å². The third-order valence-electron chi connectivity index (χ3n) is 5.34. The first-order valence-corrected chi connectivity index (χ1v) is 9.50. The Balaban J connectivity index is 1.40. The Hall–Kier alpha value is -1.93. The van der Waals surface area contributed by atoms with Crippen molar-refractivity contribution >= 4 is 17.5 Å². The summed E-state index contributed by atoms with van der Waals surface area (Å²) >= 11 is 0. The van der Waals surface area contributed by atoms with E-state index in [1.807, 2.05) is 11.8 Å². The first-order chi connectivity index (χ1) is 12.7. The summed E-state index contributed by atoms with van der Waals surface area (Å²) in [5, 5.41) is 0. The summed E-state index contributed by atoms with van der Waals surface area (Å²) in [4.78, 5) is 28.3. The van der Waals surface area contributed by atoms with E-state index < -0.39 is 0 Å². The van der Waals surface area contributed by atoms with Crippen LogP contribution in [0.2, 0.25) is 0 Å². The molecule has 0 spiro atoms. The van der Waals surface area contributed by atoms with Gasteiger partial charge in [-0.3, -0.25) is 4.79 Å². The molecule has 26 heavy (non-hydrogen) atoms. The minimum Gasteiger partial charge on any atom is -0.381 e. The highest BCUT2D eigenvalue weighted by Gasteiger charge is 2.30. The maximum Gasteiger partial charge on any atom is 0.228 e. The van der Waals surface area contributed by atoms with Gasteiger partial charge in [-0.1, -0.05) is 0 Å². The van der Waals surface area contributed by atoms with Crippen LogP contribution in [0.15, 0.2) is 6.07 Å². The molecule has 3 aliphatic heterocycles. The minimum atomic E-state index is 0.0516. The fourth-order valence-corrected chi connectivity index (χ4v) is 3.80. The number of rotatable bonds is 3. The number of nitrogens with zero attached hydrogens (tertiary/aromatic N) is 5. The second kappa shape index (κ2) is 7.75. The molecule has 1 aromatic heterocycles. The quantitative estimate of drug-likeness (QED) is 0.767. The van der Waals surface area contributed by atoms with Gasteiger partial charge in [0.05, 0.1) is 25.7 Å². The summed E-state index contributed by atoms with van der Waals surface area (Å²) in [6, 6.07) is 2.07. The maximum absolute atomic E-state index is 12.5. The lowest BCUT2D eigenvalue weighted by Crippen LogP contribution is -2.50. The van der Waals surface area contributed by atoms with E-state index in [-0.39, 0.29) is 11.8 Å². The van der Waals surface area contributed by atoms with Gasteiger partial charge in [-0.05, 0) is 13.3 Å². The van der Waals surface area contributed by atoms with Gasteiger partial charge in [-0.25, -0.2) is 9.97 Å². The highest BCUT2D eigenvalue weighted by molar-refractivity contribution is 5.79. The van der Waals surface area contributed by atoms with E-state index >= 15 is 0 Å². The van der Waals surface area contributed by atoms with Crippen LogP contribution in [0.1, 0.15) is 12.2 Å². The van der Waals surface area contributed by atoms with Crippen molar-refractivity contribution in [2.45, 2.75) is 13.3 Å². The Morgan fingerprint density at radius 3 is 2.23 bits per heavy atom. The molecule has 1 aromatic rings. The second-order valence-electron chi connectivity index (χ2n) is 7.10. The molecule has 8 nitrogen and oxygen atoms in total. The van der Waals surface area contributed by atoms with Gasteiger partial charge in [0.25, 0.3) is 0 Å². The number of piperazine rings is 1. The highest BCUT2D eigenvalue weighted by atomic mass is 16.5. The van der Waals surface area contributed by atoms with Crippen LogP contribution < -0.4 is 9.80 Å². The van der Waals surface area contributed by atoms with Crippen molar-refractivity contribution in [1.29, 1.82) is 0 Å². The standard InChI is InChI=1S/C18H27N5O3/c1-14-19-16(12-17(20-14)22-7-10-25-11-8-22)21-3-5-23(6-4-21)18(24)15-2-9-26-13-15/h12,15H,2-11,13H2,1H3. The number of anilines is 2. The van der Waals surface area contributed by atoms with Gasteiger partial charge in [0, 0.05) is 51.9 Å². The number of hydrogen-bond acceptors (Lipinski definition) is 7. The van der Waals surface area contributed by atoms with Crippen molar-refractivity contribution in [3.8, 4) is 0 Å². The molecule has 1 atom stereocenters. The molecule has 0 N–H and O–H groups in total. The fourth-order valence-electron chi connectivity index (χ4n) is 3.80. The molecule has 0 aromatic carbocycles. The van der Waals surface area contributed by atoms with E-state index in [1.54, 1.807) is 0 Å². The molecule has 1 amide bonds. The zero-order valence-corrected chi connectivity index (χ0v) is 15.4. The van der Waals surface area contributed by atoms with Gasteiger partial charge in [-0.15, -0.1) is 0 Å². The predicted octanol–water partition coefficient (Wildman–Crippen LogP) is 0.307. The number of ether oxygens (including phenoxy) is 2. The van der Waals surface area contributed by atoms with Crippen molar-refractivity contribution in [3.05, 3.63) is 11.9 Å². The molecule has 1 unspecified atom stereocenters. The van der Waals surface area contributed by atoms with Crippen LogP contribution in [0, 0.1) is 12.8 Å². The number of morpholine rings is 1. The molecule has 0 saturated carbocycles. The third kappa shape index (κ3) is 3.76. The Morgan fingerprint density at radius 2 is 1.62 bits per heavy atom. The average molecular weight is 361 g/mol. The molecule has 4 rings (SSSR count). The Morgan fingerprint density at radius 1 is 0.962 bits per heavy atom. The molecule has 3 fully saturated rings. The molecule has 3 aliphatic rings. The lowest BCUT2D eigenvalue weighted by atomic mass is 10.1. The van der Waals surface area contributed by atoms with Crippen LogP contribution >= 0.6 is 0 Å². The smallest absolute Gasteiger partial charge is 0.228 e. The van der Waals surface area contributed by atoms with Crippen LogP contribution in [0.4, 0.5) is 11.6 Å². The molecule has 0 radical (unpaired) electrons. The Kier molecular flexibility index (Phi) is 5.21. The third-order valence-corrected chi connectivity index (χ3v) is 5.34. The first-order valence-electron chi connectivity index (χ1n) is 9.50. The largest absolute Gasteiger partial charge is 0.381 e. The number of carbonyl (C=O) groups is 1. The summed E-state index contributed by atoms with van der Waals surface area (Å²) in [5.41, 5.74) is 0. The van der Waals surface area contributed by atoms with Gasteiger partial charge in [0.2, 0.25) is 5.91 Å². The molecular formula is C18H27N5O3. The van der Waals surface area contributed by atoms with Gasteiger partial charge in [0.15, 0.2) is 0 Å². The van der Waals surface area contributed by atoms with E-state index in [0.717, 1.165) is 76.4 Å². The zero-order valence-electron chi connectivity index (χ0n) is 15.4. The lowest BCUT2D eigenvalue weighted by molar-refractivity contribution is -0.135. The number of hydrogen-bond donors (Lipinski definition) is 0. The van der Waals surface area contributed by atoms with Crippen LogP contribution in [-0.2, 0) is 14.3 Å². The van der Waals surface area contributed by atoms with Gasteiger partial charge >= 0.3 is 0 Å². The number of carbonyl (C=O) groups excluding carboxylic acids is 1. The SMILES string of the molecule is Cc1nc(N2CCOCC2)cc(N2CCN(C(=O)C3CCOC3)CC2)n1. The average Bonchev–Trinajstić information content (AvgIpc) is 3.22. The lowest BCUT2D eigenvalue weighted by Gasteiger charge is -2.37. The van der Waals surface area contributed by atoms with Crippen LogP contribution in [0.3, 0.4) is 0 Å². The van der Waals surface area contributed by atoms with Crippen molar-refractivity contribution < 1.29 is 14.3 Å². The molecule has 3 saturated heterocycles. The summed E-state index contributed by atoms with van der Waals surface area (Å²) in [6.45, 7) is 9.52. The van der Waals surface area contributed by atoms with E-state index in [0.29, 0.717) is 13.2 Å². The van der Waals surface area contributed by atoms with E-state index in [2.05, 4.69) is 25.8 Å². The number of aromatic nitrogens is 2. The van der Waals surface area contributed by atoms with Crippen molar-refractivity contribution in [3.63, 3.8) is 0 Å². The van der Waals surface area contributed by atoms with E-state index in [4.69, 9.17) is 9.47 Å². The van der Waals surface area contributed by atoms with Gasteiger partial charge in [0.1, 0.15) is 17.5 Å². The molecule has 8 heteroatoms. The predicted molar refractivity (Wildman–Crippen MR) is 97.5 cm³/mol. The second-order valence-corrected chi connectivity index (χ2v) is 7.10. The first kappa shape index (κ1) is 17.5. The summed E-state index contributed by atoms with van der Waals surface area (Å²) < 4.78 is 10.8.